The molecule has 31 heavy (non-hydrogen) atoms. The van der Waals surface area contributed by atoms with Crippen molar-refractivity contribution in [1.29, 1.82) is 0 Å². The molecule has 2 aromatic carbocycles. The van der Waals surface area contributed by atoms with Crippen molar-refractivity contribution < 1.29 is 22.7 Å². The van der Waals surface area contributed by atoms with E-state index in [0.717, 1.165) is 0 Å². The fraction of sp³-hybridized carbons (Fsp3) is 0.333. The summed E-state index contributed by atoms with van der Waals surface area (Å²) in [5.74, 6) is 1.03. The number of nitrogens with zero attached hydrogens (tertiary/aromatic N) is 3. The van der Waals surface area contributed by atoms with E-state index >= 15 is 0 Å². The average Bonchev–Trinajstić information content (AvgIpc) is 3.14. The normalized spacial score (nSPS) is 11.6. The quantitative estimate of drug-likeness (QED) is 0.482. The molecule has 0 N–H and O–H groups in total. The highest BCUT2D eigenvalue weighted by Gasteiger charge is 2.21. The highest BCUT2D eigenvalue weighted by atomic mass is 32.2. The summed E-state index contributed by atoms with van der Waals surface area (Å²) in [6, 6.07) is 11.8. The zero-order chi connectivity index (χ0) is 22.6. The number of fused-ring (bicyclic) bond motifs is 1. The van der Waals surface area contributed by atoms with Gasteiger partial charge in [-0.2, -0.15) is 0 Å². The van der Waals surface area contributed by atoms with Crippen molar-refractivity contribution in [3.05, 3.63) is 42.5 Å². The van der Waals surface area contributed by atoms with E-state index < -0.39 is 9.84 Å². The summed E-state index contributed by atoms with van der Waals surface area (Å²) in [7, 11) is 2.11. The Morgan fingerprint density at radius 3 is 2.35 bits per heavy atom. The summed E-state index contributed by atoms with van der Waals surface area (Å²) >= 11 is 1.28. The van der Waals surface area contributed by atoms with Crippen molar-refractivity contribution in [2.75, 3.05) is 52.1 Å². The molecule has 0 radical (unpaired) electrons. The molecule has 10 heteroatoms. The lowest BCUT2D eigenvalue weighted by Crippen LogP contribution is -2.39. The van der Waals surface area contributed by atoms with Crippen molar-refractivity contribution >= 4 is 42.4 Å². The summed E-state index contributed by atoms with van der Waals surface area (Å²) in [6.07, 6.45) is 1.17. The van der Waals surface area contributed by atoms with Crippen LogP contribution >= 0.6 is 11.3 Å². The molecule has 0 aliphatic rings. The summed E-state index contributed by atoms with van der Waals surface area (Å²) in [5.41, 5.74) is 0.645. The Morgan fingerprint density at radius 2 is 1.74 bits per heavy atom. The van der Waals surface area contributed by atoms with Gasteiger partial charge in [-0.25, -0.2) is 13.4 Å². The Hall–Kier alpha value is -2.69. The first-order valence-electron chi connectivity index (χ1n) is 9.50. The van der Waals surface area contributed by atoms with Crippen molar-refractivity contribution in [3.8, 4) is 11.5 Å². The highest BCUT2D eigenvalue weighted by molar-refractivity contribution is 7.90. The first kappa shape index (κ1) is 23.0. The summed E-state index contributed by atoms with van der Waals surface area (Å²) in [6.45, 7) is 0.916. The minimum Gasteiger partial charge on any atom is -0.497 e. The molecular weight excluding hydrogens is 438 g/mol. The number of aromatic nitrogens is 1. The van der Waals surface area contributed by atoms with Gasteiger partial charge in [0.05, 0.1) is 22.2 Å². The zero-order valence-corrected chi connectivity index (χ0v) is 19.5. The number of hydrogen-bond acceptors (Lipinski definition) is 8. The fourth-order valence-corrected chi connectivity index (χ4v) is 4.53. The molecule has 0 fully saturated rings. The van der Waals surface area contributed by atoms with Gasteiger partial charge in [-0.15, -0.1) is 0 Å². The van der Waals surface area contributed by atoms with Crippen LogP contribution in [-0.4, -0.2) is 71.4 Å². The lowest BCUT2D eigenvalue weighted by molar-refractivity contribution is -0.120. The van der Waals surface area contributed by atoms with E-state index in [9.17, 15) is 13.2 Å². The average molecular weight is 464 g/mol. The van der Waals surface area contributed by atoms with E-state index in [1.54, 1.807) is 48.4 Å². The van der Waals surface area contributed by atoms with Crippen LogP contribution in [0.4, 0.5) is 5.13 Å². The van der Waals surface area contributed by atoms with E-state index in [0.29, 0.717) is 39.9 Å². The predicted octanol–water partition coefficient (Wildman–Crippen LogP) is 2.68. The topological polar surface area (TPSA) is 89.0 Å². The second-order valence-corrected chi connectivity index (χ2v) is 10.2. The van der Waals surface area contributed by atoms with E-state index in [1.165, 1.54) is 23.7 Å². The van der Waals surface area contributed by atoms with Crippen LogP contribution in [0.25, 0.3) is 10.2 Å². The number of amides is 1. The third-order valence-corrected chi connectivity index (χ3v) is 6.65. The molecule has 3 rings (SSSR count). The van der Waals surface area contributed by atoms with E-state index in [2.05, 4.69) is 4.98 Å². The van der Waals surface area contributed by atoms with Crippen LogP contribution in [0.1, 0.15) is 0 Å². The van der Waals surface area contributed by atoms with Gasteiger partial charge in [-0.3, -0.25) is 9.69 Å². The molecule has 8 nitrogen and oxygen atoms in total. The largest absolute Gasteiger partial charge is 0.497 e. The van der Waals surface area contributed by atoms with Crippen LogP contribution in [0.5, 0.6) is 11.5 Å². The van der Waals surface area contributed by atoms with Gasteiger partial charge in [0.2, 0.25) is 0 Å². The number of anilines is 1. The first-order valence-corrected chi connectivity index (χ1v) is 12.2. The Bertz CT molecular complexity index is 1160. The molecule has 3 aromatic rings. The van der Waals surface area contributed by atoms with E-state index in [1.807, 2.05) is 19.0 Å². The van der Waals surface area contributed by atoms with Crippen LogP contribution in [0.3, 0.4) is 0 Å². The molecule has 1 amide bonds. The molecule has 0 spiro atoms. The number of rotatable bonds is 9. The van der Waals surface area contributed by atoms with E-state index in [4.69, 9.17) is 9.47 Å². The van der Waals surface area contributed by atoms with Gasteiger partial charge >= 0.3 is 0 Å². The third-order valence-electron chi connectivity index (χ3n) is 4.50. The Kier molecular flexibility index (Phi) is 7.14. The molecule has 0 unspecified atom stereocenters. The Morgan fingerprint density at radius 1 is 1.06 bits per heavy atom. The van der Waals surface area contributed by atoms with Crippen LogP contribution in [0.15, 0.2) is 47.4 Å². The van der Waals surface area contributed by atoms with Crippen molar-refractivity contribution in [1.82, 2.24) is 9.88 Å². The number of benzene rings is 2. The number of ether oxygens (including phenoxy) is 2. The molecule has 166 valence electrons. The van der Waals surface area contributed by atoms with Crippen LogP contribution in [0, 0.1) is 0 Å². The number of likely N-dealkylation sites (N-methyl/N-ethyl adjacent to an activating group) is 1. The molecule has 0 aliphatic heterocycles. The number of sulfone groups is 1. The van der Waals surface area contributed by atoms with Crippen LogP contribution < -0.4 is 14.4 Å². The van der Waals surface area contributed by atoms with Gasteiger partial charge in [0.1, 0.15) is 11.5 Å². The smallest absolute Gasteiger partial charge is 0.266 e. The maximum atomic E-state index is 13.0. The second-order valence-electron chi connectivity index (χ2n) is 7.21. The maximum absolute atomic E-state index is 13.0. The van der Waals surface area contributed by atoms with Gasteiger partial charge in [0.25, 0.3) is 5.91 Å². The predicted molar refractivity (Wildman–Crippen MR) is 122 cm³/mol. The summed E-state index contributed by atoms with van der Waals surface area (Å²) < 4.78 is 35.2. The number of methoxy groups -OCH3 is 1. The molecule has 1 aromatic heterocycles. The Labute approximate surface area is 185 Å². The first-order chi connectivity index (χ1) is 14.7. The van der Waals surface area contributed by atoms with Crippen molar-refractivity contribution in [2.45, 2.75) is 4.90 Å². The van der Waals surface area contributed by atoms with Gasteiger partial charge in [0, 0.05) is 19.3 Å². The molecular formula is C21H25N3O5S2. The minimum absolute atomic E-state index is 0.149. The van der Waals surface area contributed by atoms with Crippen LogP contribution in [-0.2, 0) is 14.6 Å². The highest BCUT2D eigenvalue weighted by Crippen LogP contribution is 2.31. The molecule has 0 atom stereocenters. The zero-order valence-electron chi connectivity index (χ0n) is 17.9. The Balaban J connectivity index is 1.82. The number of carbonyl (C=O) groups excluding carboxylic acids is 1. The van der Waals surface area contributed by atoms with Crippen molar-refractivity contribution in [2.24, 2.45) is 0 Å². The maximum Gasteiger partial charge on any atom is 0.266 e. The van der Waals surface area contributed by atoms with Gasteiger partial charge in [-0.05, 0) is 56.6 Å². The standard InChI is InChI=1S/C21H25N3O5S2/c1-23(2)11-12-24(20(25)14-29-16-7-5-15(28-3)6-8-16)21-22-18-10-9-17(31(4,26)27)13-19(18)30-21/h5-10,13H,11-12,14H2,1-4H3. The molecule has 0 bridgehead atoms. The van der Waals surface area contributed by atoms with E-state index in [-0.39, 0.29) is 17.4 Å². The summed E-state index contributed by atoms with van der Waals surface area (Å²) in [5, 5.41) is 0.505. The van der Waals surface area contributed by atoms with Gasteiger partial charge < -0.3 is 14.4 Å². The second kappa shape index (κ2) is 9.63. The monoisotopic (exact) mass is 463 g/mol. The van der Waals surface area contributed by atoms with Crippen molar-refractivity contribution in [3.63, 3.8) is 0 Å². The number of hydrogen-bond donors (Lipinski definition) is 0. The minimum atomic E-state index is -3.32. The number of carbonyl (C=O) groups is 1. The lowest BCUT2D eigenvalue weighted by Gasteiger charge is -2.22. The van der Waals surface area contributed by atoms with Gasteiger partial charge in [-0.1, -0.05) is 11.3 Å². The lowest BCUT2D eigenvalue weighted by atomic mass is 10.3. The van der Waals surface area contributed by atoms with Gasteiger partial charge in [0.15, 0.2) is 21.6 Å². The number of thiazole rings is 1. The SMILES string of the molecule is COc1ccc(OCC(=O)N(CCN(C)C)c2nc3ccc(S(C)(=O)=O)cc3s2)cc1. The summed E-state index contributed by atoms with van der Waals surface area (Å²) in [4.78, 5) is 21.3. The third kappa shape index (κ3) is 5.93. The molecule has 1 heterocycles. The van der Waals surface area contributed by atoms with Crippen LogP contribution in [0.2, 0.25) is 0 Å². The molecule has 0 aliphatic carbocycles. The molecule has 0 saturated carbocycles. The fourth-order valence-electron chi connectivity index (χ4n) is 2.76. The molecule has 0 saturated heterocycles.